The monoisotopic (exact) mass is 266 g/mol. The molecule has 0 unspecified atom stereocenters. The first-order valence-electron chi connectivity index (χ1n) is 6.60. The van der Waals surface area contributed by atoms with E-state index in [-0.39, 0.29) is 11.5 Å². The van der Waals surface area contributed by atoms with Gasteiger partial charge in [0, 0.05) is 11.3 Å². The van der Waals surface area contributed by atoms with Gasteiger partial charge in [-0.1, -0.05) is 43.9 Å². The minimum atomic E-state index is -1.18. The normalized spacial score (nSPS) is 12.3. The number of carbonyl (C=O) groups is 1. The zero-order valence-electron chi connectivity index (χ0n) is 11.3. The molecule has 0 aromatic heterocycles. The summed E-state index contributed by atoms with van der Waals surface area (Å²) in [6.45, 7) is 4.14. The van der Waals surface area contributed by atoms with E-state index in [9.17, 15) is 9.00 Å². The van der Waals surface area contributed by atoms with E-state index in [0.29, 0.717) is 6.42 Å². The second-order valence-corrected chi connectivity index (χ2v) is 6.10. The minimum absolute atomic E-state index is 0.116. The van der Waals surface area contributed by atoms with Crippen molar-refractivity contribution in [3.05, 3.63) is 29.8 Å². The van der Waals surface area contributed by atoms with E-state index >= 15 is 0 Å². The van der Waals surface area contributed by atoms with Crippen molar-refractivity contribution in [3.8, 4) is 0 Å². The van der Waals surface area contributed by atoms with Crippen molar-refractivity contribution < 1.29 is 9.00 Å². The summed E-state index contributed by atoms with van der Waals surface area (Å²) in [7, 11) is -1.18. The smallest absolute Gasteiger partial charge is 0.145 e. The van der Waals surface area contributed by atoms with Crippen LogP contribution >= 0.6 is 0 Å². The molecule has 0 bridgehead atoms. The number of ketones is 1. The van der Waals surface area contributed by atoms with E-state index in [0.717, 1.165) is 23.3 Å². The summed E-state index contributed by atoms with van der Waals surface area (Å²) in [5.41, 5.74) is 1.14. The fourth-order valence-corrected chi connectivity index (χ4v) is 2.78. The molecule has 0 N–H and O–H groups in total. The highest BCUT2D eigenvalue weighted by molar-refractivity contribution is 7.85. The van der Waals surface area contributed by atoms with Crippen LogP contribution < -0.4 is 0 Å². The van der Waals surface area contributed by atoms with Crippen molar-refractivity contribution in [2.75, 3.05) is 5.75 Å². The third-order valence-corrected chi connectivity index (χ3v) is 4.27. The Kier molecular flexibility index (Phi) is 6.88. The van der Waals surface area contributed by atoms with Crippen molar-refractivity contribution in [3.63, 3.8) is 0 Å². The standard InChI is InChI=1S/C15H22O2S/c1-3-4-5-6-7-14(16)12-18(17)15-10-8-13(2)9-11-15/h8-11H,3-7,12H2,1-2H3/t18-/m1/s1. The van der Waals surface area contributed by atoms with Crippen LogP contribution in [0.1, 0.15) is 44.6 Å². The van der Waals surface area contributed by atoms with E-state index in [1.165, 1.54) is 12.8 Å². The van der Waals surface area contributed by atoms with Crippen molar-refractivity contribution in [1.82, 2.24) is 0 Å². The van der Waals surface area contributed by atoms with Crippen molar-refractivity contribution >= 4 is 16.6 Å². The molecule has 18 heavy (non-hydrogen) atoms. The first-order chi connectivity index (χ1) is 8.63. The second kappa shape index (κ2) is 8.20. The summed E-state index contributed by atoms with van der Waals surface area (Å²) >= 11 is 0. The minimum Gasteiger partial charge on any atom is -0.299 e. The van der Waals surface area contributed by atoms with Gasteiger partial charge in [0.05, 0.1) is 16.6 Å². The summed E-state index contributed by atoms with van der Waals surface area (Å²) in [4.78, 5) is 12.4. The molecule has 1 rings (SSSR count). The highest BCUT2D eigenvalue weighted by Gasteiger charge is 2.09. The van der Waals surface area contributed by atoms with Crippen LogP contribution in [0.4, 0.5) is 0 Å². The van der Waals surface area contributed by atoms with E-state index in [2.05, 4.69) is 6.92 Å². The molecular weight excluding hydrogens is 244 g/mol. The third-order valence-electron chi connectivity index (χ3n) is 2.89. The Morgan fingerprint density at radius 1 is 1.11 bits per heavy atom. The van der Waals surface area contributed by atoms with Crippen molar-refractivity contribution in [2.24, 2.45) is 0 Å². The molecule has 100 valence electrons. The van der Waals surface area contributed by atoms with Crippen LogP contribution in [-0.2, 0) is 15.6 Å². The molecule has 2 nitrogen and oxygen atoms in total. The quantitative estimate of drug-likeness (QED) is 0.673. The Morgan fingerprint density at radius 3 is 2.39 bits per heavy atom. The largest absolute Gasteiger partial charge is 0.299 e. The Bertz CT molecular complexity index is 395. The molecule has 1 atom stereocenters. The first kappa shape index (κ1) is 15.1. The molecule has 3 heteroatoms. The predicted molar refractivity (Wildman–Crippen MR) is 76.2 cm³/mol. The highest BCUT2D eigenvalue weighted by Crippen LogP contribution is 2.10. The van der Waals surface area contributed by atoms with Gasteiger partial charge in [0.1, 0.15) is 5.78 Å². The van der Waals surface area contributed by atoms with E-state index in [1.807, 2.05) is 31.2 Å². The van der Waals surface area contributed by atoms with Crippen LogP contribution in [-0.4, -0.2) is 15.7 Å². The number of unbranched alkanes of at least 4 members (excludes halogenated alkanes) is 3. The van der Waals surface area contributed by atoms with E-state index in [1.54, 1.807) is 0 Å². The summed E-state index contributed by atoms with van der Waals surface area (Å²) in [5, 5.41) is 0. The lowest BCUT2D eigenvalue weighted by atomic mass is 10.1. The molecule has 0 heterocycles. The van der Waals surface area contributed by atoms with Gasteiger partial charge in [0.2, 0.25) is 0 Å². The molecule has 0 radical (unpaired) electrons. The lowest BCUT2D eigenvalue weighted by molar-refractivity contribution is -0.116. The molecule has 0 aliphatic carbocycles. The van der Waals surface area contributed by atoms with Crippen LogP contribution in [0.15, 0.2) is 29.2 Å². The third kappa shape index (κ3) is 5.58. The molecule has 0 aliphatic heterocycles. The number of rotatable bonds is 8. The van der Waals surface area contributed by atoms with Crippen molar-refractivity contribution in [1.29, 1.82) is 0 Å². The van der Waals surface area contributed by atoms with Gasteiger partial charge in [-0.3, -0.25) is 9.00 Å². The van der Waals surface area contributed by atoms with Gasteiger partial charge in [-0.05, 0) is 25.5 Å². The lowest BCUT2D eigenvalue weighted by Crippen LogP contribution is -2.10. The Morgan fingerprint density at radius 2 is 1.78 bits per heavy atom. The maximum absolute atomic E-state index is 11.9. The lowest BCUT2D eigenvalue weighted by Gasteiger charge is -2.03. The number of benzene rings is 1. The van der Waals surface area contributed by atoms with E-state index < -0.39 is 10.8 Å². The summed E-state index contributed by atoms with van der Waals surface area (Å²) in [5.74, 6) is 0.278. The zero-order valence-corrected chi connectivity index (χ0v) is 12.1. The average molecular weight is 266 g/mol. The van der Waals surface area contributed by atoms with Gasteiger partial charge in [-0.2, -0.15) is 0 Å². The molecule has 0 spiro atoms. The predicted octanol–water partition coefficient (Wildman–Crippen LogP) is 3.64. The van der Waals surface area contributed by atoms with Gasteiger partial charge >= 0.3 is 0 Å². The number of hydrogen-bond acceptors (Lipinski definition) is 2. The summed E-state index contributed by atoms with van der Waals surface area (Å²) < 4.78 is 11.9. The fourth-order valence-electron chi connectivity index (χ4n) is 1.74. The number of carbonyl (C=O) groups excluding carboxylic acids is 1. The van der Waals surface area contributed by atoms with Gasteiger partial charge in [-0.15, -0.1) is 0 Å². The van der Waals surface area contributed by atoms with Crippen LogP contribution in [0.2, 0.25) is 0 Å². The maximum Gasteiger partial charge on any atom is 0.145 e. The Hall–Kier alpha value is -0.960. The van der Waals surface area contributed by atoms with Gasteiger partial charge in [0.15, 0.2) is 0 Å². The zero-order chi connectivity index (χ0) is 13.4. The van der Waals surface area contributed by atoms with Crippen LogP contribution in [0, 0.1) is 6.92 Å². The topological polar surface area (TPSA) is 34.1 Å². The number of hydrogen-bond donors (Lipinski definition) is 0. The highest BCUT2D eigenvalue weighted by atomic mass is 32.2. The Labute approximate surface area is 112 Å². The number of Topliss-reactive ketones (excluding diaryl/α,β-unsaturated/α-hetero) is 1. The molecular formula is C15H22O2S. The summed E-state index contributed by atoms with van der Waals surface area (Å²) in [6, 6.07) is 7.55. The number of aryl methyl sites for hydroxylation is 1. The van der Waals surface area contributed by atoms with Crippen LogP contribution in [0.25, 0.3) is 0 Å². The maximum atomic E-state index is 11.9. The van der Waals surface area contributed by atoms with Gasteiger partial charge in [0.25, 0.3) is 0 Å². The average Bonchev–Trinajstić information content (AvgIpc) is 2.35. The molecule has 1 aromatic rings. The SMILES string of the molecule is CCCCCCC(=O)C[S@@](=O)c1ccc(C)cc1. The molecule has 1 aromatic carbocycles. The second-order valence-electron chi connectivity index (χ2n) is 4.65. The molecule has 0 fully saturated rings. The van der Waals surface area contributed by atoms with Crippen molar-refractivity contribution in [2.45, 2.75) is 50.8 Å². The molecule has 0 aliphatic rings. The Balaban J connectivity index is 2.35. The van der Waals surface area contributed by atoms with Crippen LogP contribution in [0.5, 0.6) is 0 Å². The molecule has 0 saturated heterocycles. The van der Waals surface area contributed by atoms with Crippen LogP contribution in [0.3, 0.4) is 0 Å². The first-order valence-corrected chi connectivity index (χ1v) is 7.92. The molecule has 0 saturated carbocycles. The molecule has 0 amide bonds. The van der Waals surface area contributed by atoms with Gasteiger partial charge < -0.3 is 0 Å². The van der Waals surface area contributed by atoms with Gasteiger partial charge in [-0.25, -0.2) is 0 Å². The fraction of sp³-hybridized carbons (Fsp3) is 0.533. The summed E-state index contributed by atoms with van der Waals surface area (Å²) in [6.07, 6.45) is 4.94. The van der Waals surface area contributed by atoms with E-state index in [4.69, 9.17) is 0 Å².